The van der Waals surface area contributed by atoms with Gasteiger partial charge in [-0.2, -0.15) is 0 Å². The van der Waals surface area contributed by atoms with Gasteiger partial charge in [-0.1, -0.05) is 0 Å². The Labute approximate surface area is 159 Å². The van der Waals surface area contributed by atoms with Crippen molar-refractivity contribution in [2.24, 2.45) is 0 Å². The van der Waals surface area contributed by atoms with Crippen molar-refractivity contribution in [2.75, 3.05) is 0 Å². The molecular weight excluding hydrogens is 376 g/mol. The van der Waals surface area contributed by atoms with E-state index in [0.29, 0.717) is 0 Å². The maximum Gasteiger partial charge on any atom is 0.345 e. The van der Waals surface area contributed by atoms with Crippen LogP contribution in [0.5, 0.6) is 0 Å². The van der Waals surface area contributed by atoms with Gasteiger partial charge in [0.1, 0.15) is 0 Å². The van der Waals surface area contributed by atoms with Gasteiger partial charge in [0.2, 0.25) is 0 Å². The van der Waals surface area contributed by atoms with Crippen molar-refractivity contribution in [3.63, 3.8) is 0 Å². The molecule has 0 spiro atoms. The van der Waals surface area contributed by atoms with Gasteiger partial charge in [0.05, 0.1) is 11.1 Å². The second-order valence-corrected chi connectivity index (χ2v) is 5.59. The van der Waals surface area contributed by atoms with Crippen molar-refractivity contribution in [3.8, 4) is 0 Å². The van der Waals surface area contributed by atoms with E-state index in [1.54, 1.807) is 0 Å². The summed E-state index contributed by atoms with van der Waals surface area (Å²) in [6.45, 7) is 0. The summed E-state index contributed by atoms with van der Waals surface area (Å²) in [5, 5.41) is 16.9. The molecule has 0 radical (unpaired) electrons. The van der Waals surface area contributed by atoms with E-state index in [-0.39, 0.29) is 49.7 Å². The van der Waals surface area contributed by atoms with E-state index in [1.165, 1.54) is 24.3 Å². The lowest BCUT2D eigenvalue weighted by Crippen LogP contribution is -2.14. The third-order valence-electron chi connectivity index (χ3n) is 3.31. The molecule has 0 fully saturated rings. The number of rotatable bonds is 10. The number of carboxylic acid groups (broad SMARTS) is 2. The summed E-state index contributed by atoms with van der Waals surface area (Å²) < 4.78 is 9.12. The minimum Gasteiger partial charge on any atom is -0.481 e. The standard InChI is InChI=1S/C18H18O10/c19-13(20)3-1-5-15(23)27-17(25)11-7-9-12(10-8-11)18(26)28-16(24)6-2-4-14(21)22/h7-10H,1-6H2,(H,19,20)(H,21,22). The Morgan fingerprint density at radius 2 is 0.929 bits per heavy atom. The number of carboxylic acids is 2. The van der Waals surface area contributed by atoms with Crippen LogP contribution in [0.1, 0.15) is 59.2 Å². The van der Waals surface area contributed by atoms with Crippen LogP contribution in [0.15, 0.2) is 24.3 Å². The molecule has 0 saturated heterocycles. The van der Waals surface area contributed by atoms with Crippen LogP contribution in [0.2, 0.25) is 0 Å². The van der Waals surface area contributed by atoms with Gasteiger partial charge in [0, 0.05) is 25.7 Å². The number of hydrogen-bond donors (Lipinski definition) is 2. The van der Waals surface area contributed by atoms with Gasteiger partial charge >= 0.3 is 35.8 Å². The first kappa shape index (κ1) is 22.5. The first-order valence-corrected chi connectivity index (χ1v) is 8.22. The van der Waals surface area contributed by atoms with Gasteiger partial charge in [0.15, 0.2) is 0 Å². The van der Waals surface area contributed by atoms with Gasteiger partial charge in [-0.05, 0) is 37.1 Å². The van der Waals surface area contributed by atoms with Crippen LogP contribution in [0, 0.1) is 0 Å². The fourth-order valence-electron chi connectivity index (χ4n) is 1.94. The molecule has 0 atom stereocenters. The first-order valence-electron chi connectivity index (χ1n) is 8.22. The number of benzene rings is 1. The lowest BCUT2D eigenvalue weighted by Gasteiger charge is -2.05. The average Bonchev–Trinajstić information content (AvgIpc) is 2.61. The first-order chi connectivity index (χ1) is 13.2. The summed E-state index contributed by atoms with van der Waals surface area (Å²) in [6.07, 6.45) is -0.845. The van der Waals surface area contributed by atoms with Crippen LogP contribution in [-0.4, -0.2) is 46.0 Å². The Hall–Kier alpha value is -3.56. The molecule has 1 aromatic carbocycles. The molecule has 0 aliphatic carbocycles. The summed E-state index contributed by atoms with van der Waals surface area (Å²) in [7, 11) is 0. The summed E-state index contributed by atoms with van der Waals surface area (Å²) in [6, 6.07) is 4.77. The second-order valence-electron chi connectivity index (χ2n) is 5.59. The molecule has 10 heteroatoms. The number of carbonyl (C=O) groups is 6. The predicted molar refractivity (Wildman–Crippen MR) is 90.3 cm³/mol. The van der Waals surface area contributed by atoms with E-state index in [1.807, 2.05) is 0 Å². The lowest BCUT2D eigenvalue weighted by molar-refractivity contribution is -0.141. The highest BCUT2D eigenvalue weighted by molar-refractivity contribution is 5.99. The SMILES string of the molecule is O=C(O)CCCC(=O)OC(=O)c1ccc(C(=O)OC(=O)CCCC(=O)O)cc1. The molecule has 0 unspecified atom stereocenters. The van der Waals surface area contributed by atoms with Crippen molar-refractivity contribution in [1.82, 2.24) is 0 Å². The molecule has 0 bridgehead atoms. The van der Waals surface area contributed by atoms with Gasteiger partial charge in [-0.3, -0.25) is 19.2 Å². The molecule has 0 aromatic heterocycles. The molecule has 0 heterocycles. The number of esters is 4. The van der Waals surface area contributed by atoms with E-state index in [2.05, 4.69) is 9.47 Å². The van der Waals surface area contributed by atoms with Crippen LogP contribution in [-0.2, 0) is 28.7 Å². The quantitative estimate of drug-likeness (QED) is 0.440. The van der Waals surface area contributed by atoms with E-state index in [0.717, 1.165) is 0 Å². The summed E-state index contributed by atoms with van der Waals surface area (Å²) in [4.78, 5) is 67.2. The Bertz CT molecular complexity index is 698. The zero-order chi connectivity index (χ0) is 21.1. The monoisotopic (exact) mass is 394 g/mol. The van der Waals surface area contributed by atoms with Crippen LogP contribution in [0.4, 0.5) is 0 Å². The lowest BCUT2D eigenvalue weighted by atomic mass is 10.1. The van der Waals surface area contributed by atoms with Crippen molar-refractivity contribution >= 4 is 35.8 Å². The molecule has 28 heavy (non-hydrogen) atoms. The van der Waals surface area contributed by atoms with Crippen molar-refractivity contribution in [3.05, 3.63) is 35.4 Å². The molecular formula is C18H18O10. The molecule has 10 nitrogen and oxygen atoms in total. The number of aliphatic carboxylic acids is 2. The van der Waals surface area contributed by atoms with Gasteiger partial charge in [-0.15, -0.1) is 0 Å². The molecule has 0 aliphatic rings. The Balaban J connectivity index is 2.50. The van der Waals surface area contributed by atoms with Gasteiger partial charge in [0.25, 0.3) is 0 Å². The zero-order valence-corrected chi connectivity index (χ0v) is 14.7. The van der Waals surface area contributed by atoms with Crippen LogP contribution >= 0.6 is 0 Å². The summed E-state index contributed by atoms with van der Waals surface area (Å²) in [5.41, 5.74) is -0.0631. The van der Waals surface area contributed by atoms with Crippen LogP contribution in [0.25, 0.3) is 0 Å². The van der Waals surface area contributed by atoms with E-state index in [9.17, 15) is 28.8 Å². The second kappa shape index (κ2) is 11.2. The maximum absolute atomic E-state index is 11.8. The highest BCUT2D eigenvalue weighted by atomic mass is 16.6. The molecule has 2 N–H and O–H groups in total. The van der Waals surface area contributed by atoms with E-state index >= 15 is 0 Å². The summed E-state index contributed by atoms with van der Waals surface area (Å²) >= 11 is 0. The maximum atomic E-state index is 11.8. The minimum absolute atomic E-state index is 0.0316. The number of carbonyl (C=O) groups excluding carboxylic acids is 4. The molecule has 0 amide bonds. The number of hydrogen-bond acceptors (Lipinski definition) is 8. The number of ether oxygens (including phenoxy) is 2. The Kier molecular flexibility index (Phi) is 9.01. The molecule has 0 aliphatic heterocycles. The Morgan fingerprint density at radius 1 is 0.607 bits per heavy atom. The highest BCUT2D eigenvalue weighted by Gasteiger charge is 2.16. The van der Waals surface area contributed by atoms with Crippen molar-refractivity contribution in [2.45, 2.75) is 38.5 Å². The average molecular weight is 394 g/mol. The smallest absolute Gasteiger partial charge is 0.345 e. The Morgan fingerprint density at radius 3 is 1.21 bits per heavy atom. The van der Waals surface area contributed by atoms with E-state index in [4.69, 9.17) is 10.2 Å². The minimum atomic E-state index is -1.07. The fraction of sp³-hybridized carbons (Fsp3) is 0.333. The normalized spacial score (nSPS) is 10.0. The highest BCUT2D eigenvalue weighted by Crippen LogP contribution is 2.10. The largest absolute Gasteiger partial charge is 0.481 e. The molecule has 150 valence electrons. The van der Waals surface area contributed by atoms with Crippen LogP contribution < -0.4 is 0 Å². The summed E-state index contributed by atoms with van der Waals surface area (Å²) in [5.74, 6) is -5.82. The third kappa shape index (κ3) is 8.70. The predicted octanol–water partition coefficient (Wildman–Crippen LogP) is 1.56. The van der Waals surface area contributed by atoms with Gasteiger partial charge < -0.3 is 19.7 Å². The van der Waals surface area contributed by atoms with Crippen LogP contribution in [0.3, 0.4) is 0 Å². The van der Waals surface area contributed by atoms with Crippen molar-refractivity contribution in [1.29, 1.82) is 0 Å². The zero-order valence-electron chi connectivity index (χ0n) is 14.7. The topological polar surface area (TPSA) is 161 Å². The molecule has 0 saturated carbocycles. The third-order valence-corrected chi connectivity index (χ3v) is 3.31. The molecule has 1 rings (SSSR count). The van der Waals surface area contributed by atoms with E-state index < -0.39 is 35.8 Å². The fourth-order valence-corrected chi connectivity index (χ4v) is 1.94. The van der Waals surface area contributed by atoms with Crippen molar-refractivity contribution < 1.29 is 48.5 Å². The molecule has 1 aromatic rings. The van der Waals surface area contributed by atoms with Gasteiger partial charge in [-0.25, -0.2) is 9.59 Å².